The van der Waals surface area contributed by atoms with Crippen molar-refractivity contribution in [2.75, 3.05) is 13.3 Å². The van der Waals surface area contributed by atoms with E-state index in [2.05, 4.69) is 20.7 Å². The molecule has 0 radical (unpaired) electrons. The molecule has 0 aliphatic heterocycles. The molecule has 2 aromatic rings. The van der Waals surface area contributed by atoms with E-state index in [4.69, 9.17) is 0 Å². The number of halogens is 2. The summed E-state index contributed by atoms with van der Waals surface area (Å²) in [4.78, 5) is 4.11. The number of sulfone groups is 1. The summed E-state index contributed by atoms with van der Waals surface area (Å²) in [7, 11) is 0.264. The molecule has 2 N–H and O–H groups in total. The van der Waals surface area contributed by atoms with Crippen LogP contribution in [0.2, 0.25) is 0 Å². The van der Waals surface area contributed by atoms with Crippen LogP contribution in [0, 0.1) is 5.82 Å². The number of aryl methyl sites for hydroxylation is 1. The standard InChI is InChI=1S/C16H22FN5O2S.HI/c1-18-16(20-10-15-6-7-21-22(15)2)19-9-13-8-14(17)5-4-12(13)11-25(3,23)24;/h4-8H,9-11H2,1-3H3,(H2,18,19,20);1H. The van der Waals surface area contributed by atoms with E-state index in [0.29, 0.717) is 23.6 Å². The Kier molecular flexibility index (Phi) is 8.47. The highest BCUT2D eigenvalue weighted by Gasteiger charge is 2.11. The Balaban J connectivity index is 0.00000338. The number of nitrogens with zero attached hydrogens (tertiary/aromatic N) is 3. The molecule has 0 fully saturated rings. The zero-order valence-corrected chi connectivity index (χ0v) is 18.0. The first kappa shape index (κ1) is 22.4. The lowest BCUT2D eigenvalue weighted by Gasteiger charge is -2.14. The van der Waals surface area contributed by atoms with Crippen molar-refractivity contribution in [2.45, 2.75) is 18.8 Å². The summed E-state index contributed by atoms with van der Waals surface area (Å²) in [6.45, 7) is 0.781. The number of guanidine groups is 1. The summed E-state index contributed by atoms with van der Waals surface area (Å²) >= 11 is 0. The third-order valence-electron chi connectivity index (χ3n) is 3.62. The molecule has 0 aliphatic carbocycles. The lowest BCUT2D eigenvalue weighted by molar-refractivity contribution is 0.599. The summed E-state index contributed by atoms with van der Waals surface area (Å²) < 4.78 is 38.4. The Morgan fingerprint density at radius 3 is 2.50 bits per heavy atom. The van der Waals surface area contributed by atoms with Crippen LogP contribution in [0.15, 0.2) is 35.5 Å². The van der Waals surface area contributed by atoms with Gasteiger partial charge in [-0.15, -0.1) is 24.0 Å². The highest BCUT2D eigenvalue weighted by molar-refractivity contribution is 14.0. The van der Waals surface area contributed by atoms with Crippen LogP contribution in [0.4, 0.5) is 4.39 Å². The summed E-state index contributed by atoms with van der Waals surface area (Å²) in [5.41, 5.74) is 2.12. The third-order valence-corrected chi connectivity index (χ3v) is 4.45. The minimum absolute atomic E-state index is 0. The largest absolute Gasteiger partial charge is 0.352 e. The molecule has 0 spiro atoms. The molecule has 26 heavy (non-hydrogen) atoms. The van der Waals surface area contributed by atoms with E-state index in [9.17, 15) is 12.8 Å². The molecule has 144 valence electrons. The number of nitrogens with one attached hydrogen (secondary N) is 2. The fraction of sp³-hybridized carbons (Fsp3) is 0.375. The zero-order chi connectivity index (χ0) is 18.4. The maximum absolute atomic E-state index is 13.5. The van der Waals surface area contributed by atoms with Gasteiger partial charge in [-0.1, -0.05) is 6.07 Å². The number of aliphatic imine (C=N–C) groups is 1. The second-order valence-corrected chi connectivity index (χ2v) is 7.85. The Morgan fingerprint density at radius 1 is 1.23 bits per heavy atom. The van der Waals surface area contributed by atoms with Gasteiger partial charge < -0.3 is 10.6 Å². The second-order valence-electron chi connectivity index (χ2n) is 5.71. The Labute approximate surface area is 170 Å². The normalized spacial score (nSPS) is 11.8. The maximum Gasteiger partial charge on any atom is 0.191 e. The first-order valence-corrected chi connectivity index (χ1v) is 9.71. The van der Waals surface area contributed by atoms with E-state index in [1.165, 1.54) is 18.2 Å². The molecule has 0 amide bonds. The van der Waals surface area contributed by atoms with E-state index in [1.54, 1.807) is 17.9 Å². The van der Waals surface area contributed by atoms with Gasteiger partial charge in [-0.25, -0.2) is 12.8 Å². The number of aromatic nitrogens is 2. The van der Waals surface area contributed by atoms with Crippen molar-refractivity contribution in [2.24, 2.45) is 12.0 Å². The lowest BCUT2D eigenvalue weighted by Crippen LogP contribution is -2.37. The van der Waals surface area contributed by atoms with Gasteiger partial charge in [0.05, 0.1) is 18.0 Å². The summed E-state index contributed by atoms with van der Waals surface area (Å²) in [6.07, 6.45) is 2.86. The molecule has 2 rings (SSSR count). The summed E-state index contributed by atoms with van der Waals surface area (Å²) in [6, 6.07) is 5.98. The number of hydrogen-bond acceptors (Lipinski definition) is 4. The fourth-order valence-electron chi connectivity index (χ4n) is 2.33. The topological polar surface area (TPSA) is 88.4 Å². The van der Waals surface area contributed by atoms with Crippen LogP contribution in [0.3, 0.4) is 0 Å². The van der Waals surface area contributed by atoms with Gasteiger partial charge in [-0.3, -0.25) is 9.67 Å². The van der Waals surface area contributed by atoms with Crippen molar-refractivity contribution < 1.29 is 12.8 Å². The molecule has 0 saturated carbocycles. The molecular weight excluding hydrogens is 472 g/mol. The third kappa shape index (κ3) is 6.90. The molecule has 1 aromatic carbocycles. The Morgan fingerprint density at radius 2 is 1.92 bits per heavy atom. The highest BCUT2D eigenvalue weighted by atomic mass is 127. The average molecular weight is 495 g/mol. The molecule has 0 saturated heterocycles. The van der Waals surface area contributed by atoms with Gasteiger partial charge in [0.25, 0.3) is 0 Å². The lowest BCUT2D eigenvalue weighted by atomic mass is 10.1. The molecule has 7 nitrogen and oxygen atoms in total. The van der Waals surface area contributed by atoms with Crippen molar-refractivity contribution in [3.05, 3.63) is 53.1 Å². The van der Waals surface area contributed by atoms with E-state index in [0.717, 1.165) is 11.9 Å². The maximum atomic E-state index is 13.5. The molecule has 10 heteroatoms. The van der Waals surface area contributed by atoms with Crippen LogP contribution < -0.4 is 10.6 Å². The molecular formula is C16H23FIN5O2S. The van der Waals surface area contributed by atoms with Crippen LogP contribution in [-0.2, 0) is 35.7 Å². The Bertz CT molecular complexity index is 867. The number of benzene rings is 1. The van der Waals surface area contributed by atoms with Crippen molar-refractivity contribution in [1.82, 2.24) is 20.4 Å². The van der Waals surface area contributed by atoms with Gasteiger partial charge in [0.15, 0.2) is 15.8 Å². The van der Waals surface area contributed by atoms with Crippen molar-refractivity contribution in [3.63, 3.8) is 0 Å². The van der Waals surface area contributed by atoms with E-state index >= 15 is 0 Å². The van der Waals surface area contributed by atoms with Gasteiger partial charge in [0, 0.05) is 33.1 Å². The van der Waals surface area contributed by atoms with Crippen molar-refractivity contribution in [1.29, 1.82) is 0 Å². The smallest absolute Gasteiger partial charge is 0.191 e. The Hall–Kier alpha value is -1.69. The molecule has 1 heterocycles. The molecule has 0 bridgehead atoms. The van der Waals surface area contributed by atoms with Gasteiger partial charge in [-0.05, 0) is 29.3 Å². The van der Waals surface area contributed by atoms with Gasteiger partial charge in [-0.2, -0.15) is 5.10 Å². The second kappa shape index (κ2) is 9.86. The number of hydrogen-bond donors (Lipinski definition) is 2. The van der Waals surface area contributed by atoms with Crippen LogP contribution in [0.5, 0.6) is 0 Å². The minimum atomic E-state index is -3.21. The molecule has 0 unspecified atom stereocenters. The van der Waals surface area contributed by atoms with Crippen molar-refractivity contribution >= 4 is 39.8 Å². The highest BCUT2D eigenvalue weighted by Crippen LogP contribution is 2.14. The quantitative estimate of drug-likeness (QED) is 0.361. The predicted octanol–water partition coefficient (Wildman–Crippen LogP) is 1.59. The minimum Gasteiger partial charge on any atom is -0.352 e. The average Bonchev–Trinajstić information content (AvgIpc) is 2.94. The summed E-state index contributed by atoms with van der Waals surface area (Å²) in [5, 5.41) is 10.3. The predicted molar refractivity (Wildman–Crippen MR) is 111 cm³/mol. The van der Waals surface area contributed by atoms with E-state index < -0.39 is 15.7 Å². The molecule has 0 atom stereocenters. The summed E-state index contributed by atoms with van der Waals surface area (Å²) in [5.74, 6) is -0.0200. The first-order chi connectivity index (χ1) is 11.8. The van der Waals surface area contributed by atoms with Crippen molar-refractivity contribution in [3.8, 4) is 0 Å². The molecule has 1 aromatic heterocycles. The van der Waals surface area contributed by atoms with Crippen LogP contribution >= 0.6 is 24.0 Å². The van der Waals surface area contributed by atoms with E-state index in [-0.39, 0.29) is 36.3 Å². The van der Waals surface area contributed by atoms with Gasteiger partial charge in [0.2, 0.25) is 0 Å². The van der Waals surface area contributed by atoms with Crippen LogP contribution in [0.1, 0.15) is 16.8 Å². The monoisotopic (exact) mass is 495 g/mol. The van der Waals surface area contributed by atoms with Crippen LogP contribution in [-0.4, -0.2) is 37.5 Å². The fourth-order valence-corrected chi connectivity index (χ4v) is 3.18. The van der Waals surface area contributed by atoms with E-state index in [1.807, 2.05) is 13.1 Å². The van der Waals surface area contributed by atoms with Crippen LogP contribution in [0.25, 0.3) is 0 Å². The number of rotatable bonds is 6. The molecule has 0 aliphatic rings. The van der Waals surface area contributed by atoms with Gasteiger partial charge >= 0.3 is 0 Å². The first-order valence-electron chi connectivity index (χ1n) is 7.65. The SMILES string of the molecule is CN=C(NCc1cc(F)ccc1CS(C)(=O)=O)NCc1ccnn1C.I. The zero-order valence-electron chi connectivity index (χ0n) is 14.9. The van der Waals surface area contributed by atoms with Gasteiger partial charge in [0.1, 0.15) is 5.82 Å².